The Bertz CT molecular complexity index is 50.9. The zero-order valence-corrected chi connectivity index (χ0v) is 7.73. The number of likely N-dealkylation sites (N-methyl/N-ethyl adjacent to an activating group) is 1. The first-order valence-electron chi connectivity index (χ1n) is 2.51. The number of hydrogen-bond acceptors (Lipinski definition) is 2. The fourth-order valence-electron chi connectivity index (χ4n) is 0.102. The van der Waals surface area contributed by atoms with Crippen LogP contribution in [-0.4, -0.2) is 19.1 Å². The molecule has 0 amide bonds. The lowest BCUT2D eigenvalue weighted by Crippen LogP contribution is -2.43. The van der Waals surface area contributed by atoms with Crippen LogP contribution in [0.2, 0.25) is 0 Å². The molecule has 0 saturated carbocycles. The fraction of sp³-hybridized carbons (Fsp3) is 1.00. The Morgan fingerprint density at radius 1 is 1.33 bits per heavy atom. The van der Waals surface area contributed by atoms with Gasteiger partial charge in [-0.05, 0) is 20.9 Å². The number of nitrogens with two attached hydrogens (primary N) is 1. The highest BCUT2D eigenvalue weighted by molar-refractivity contribution is 5.85. The lowest BCUT2D eigenvalue weighted by atomic mass is 10.1. The molecule has 3 N–H and O–H groups in total. The highest BCUT2D eigenvalue weighted by Crippen LogP contribution is 1.93. The van der Waals surface area contributed by atoms with Crippen molar-refractivity contribution in [2.75, 3.05) is 13.6 Å². The Hall–Kier alpha value is 0.500. The van der Waals surface area contributed by atoms with E-state index in [9.17, 15) is 0 Å². The summed E-state index contributed by atoms with van der Waals surface area (Å²) < 4.78 is 0. The maximum atomic E-state index is 5.35. The van der Waals surface area contributed by atoms with Crippen LogP contribution in [0.15, 0.2) is 0 Å². The van der Waals surface area contributed by atoms with Gasteiger partial charge in [-0.25, -0.2) is 0 Å². The van der Waals surface area contributed by atoms with Gasteiger partial charge in [-0.3, -0.25) is 0 Å². The van der Waals surface area contributed by atoms with Crippen molar-refractivity contribution in [3.05, 3.63) is 0 Å². The van der Waals surface area contributed by atoms with E-state index < -0.39 is 0 Å². The number of rotatable bonds is 2. The molecule has 9 heavy (non-hydrogen) atoms. The molecule has 0 aliphatic carbocycles. The van der Waals surface area contributed by atoms with Crippen molar-refractivity contribution in [2.24, 2.45) is 5.73 Å². The van der Waals surface area contributed by atoms with Crippen LogP contribution in [0, 0.1) is 0 Å². The second-order valence-electron chi connectivity index (χ2n) is 2.34. The Morgan fingerprint density at radius 2 is 1.67 bits per heavy atom. The van der Waals surface area contributed by atoms with E-state index in [2.05, 4.69) is 19.2 Å². The summed E-state index contributed by atoms with van der Waals surface area (Å²) in [6.45, 7) is 4.81. The molecular formula is C5H16Cl2N2. The van der Waals surface area contributed by atoms with Crippen LogP contribution in [0.3, 0.4) is 0 Å². The number of halogens is 2. The van der Waals surface area contributed by atoms with Crippen molar-refractivity contribution in [3.63, 3.8) is 0 Å². The van der Waals surface area contributed by atoms with Crippen molar-refractivity contribution in [2.45, 2.75) is 19.4 Å². The molecule has 0 saturated heterocycles. The maximum absolute atomic E-state index is 5.35. The lowest BCUT2D eigenvalue weighted by Gasteiger charge is -2.20. The lowest BCUT2D eigenvalue weighted by molar-refractivity contribution is 0.436. The van der Waals surface area contributed by atoms with E-state index >= 15 is 0 Å². The van der Waals surface area contributed by atoms with Gasteiger partial charge in [-0.1, -0.05) is 0 Å². The molecule has 0 fully saturated rings. The first-order chi connectivity index (χ1) is 3.12. The molecule has 0 atom stereocenters. The van der Waals surface area contributed by atoms with E-state index in [4.69, 9.17) is 5.73 Å². The van der Waals surface area contributed by atoms with E-state index in [0.717, 1.165) is 0 Å². The van der Waals surface area contributed by atoms with Crippen LogP contribution >= 0.6 is 24.8 Å². The van der Waals surface area contributed by atoms with Gasteiger partial charge >= 0.3 is 0 Å². The summed E-state index contributed by atoms with van der Waals surface area (Å²) in [5.74, 6) is 0. The van der Waals surface area contributed by atoms with E-state index in [1.54, 1.807) is 0 Å². The molecule has 0 aromatic carbocycles. The standard InChI is InChI=1S/C5H14N2.2ClH/c1-5(2,4-6)7-3;;/h7H,4,6H2,1-3H3;2*1H. The topological polar surface area (TPSA) is 38.0 Å². The first kappa shape index (κ1) is 16.2. The van der Waals surface area contributed by atoms with Gasteiger partial charge in [0.2, 0.25) is 0 Å². The summed E-state index contributed by atoms with van der Waals surface area (Å²) in [7, 11) is 1.91. The SMILES string of the molecule is CNC(C)(C)CN.Cl.Cl. The predicted octanol–water partition coefficient (Wildman–Crippen LogP) is 0.787. The van der Waals surface area contributed by atoms with E-state index in [1.807, 2.05) is 7.05 Å². The van der Waals surface area contributed by atoms with Gasteiger partial charge in [0.25, 0.3) is 0 Å². The van der Waals surface area contributed by atoms with Crippen LogP contribution in [0.25, 0.3) is 0 Å². The minimum atomic E-state index is 0. The minimum Gasteiger partial charge on any atom is -0.329 e. The van der Waals surface area contributed by atoms with Crippen molar-refractivity contribution < 1.29 is 0 Å². The molecule has 0 radical (unpaired) electrons. The fourth-order valence-corrected chi connectivity index (χ4v) is 0.102. The average molecular weight is 175 g/mol. The monoisotopic (exact) mass is 174 g/mol. The molecule has 0 rings (SSSR count). The predicted molar refractivity (Wildman–Crippen MR) is 46.7 cm³/mol. The number of nitrogens with one attached hydrogen (secondary N) is 1. The summed E-state index contributed by atoms with van der Waals surface area (Å²) in [4.78, 5) is 0. The van der Waals surface area contributed by atoms with Crippen LogP contribution in [0.5, 0.6) is 0 Å². The molecule has 0 aromatic heterocycles. The van der Waals surface area contributed by atoms with Crippen LogP contribution in [-0.2, 0) is 0 Å². The van der Waals surface area contributed by atoms with Crippen LogP contribution < -0.4 is 11.1 Å². The van der Waals surface area contributed by atoms with Gasteiger partial charge in [-0.15, -0.1) is 24.8 Å². The van der Waals surface area contributed by atoms with Gasteiger partial charge in [0, 0.05) is 12.1 Å². The highest BCUT2D eigenvalue weighted by Gasteiger charge is 2.09. The van der Waals surface area contributed by atoms with Gasteiger partial charge in [0.15, 0.2) is 0 Å². The van der Waals surface area contributed by atoms with Crippen molar-refractivity contribution in [3.8, 4) is 0 Å². The van der Waals surface area contributed by atoms with Gasteiger partial charge in [-0.2, -0.15) is 0 Å². The zero-order valence-electron chi connectivity index (χ0n) is 6.10. The van der Waals surface area contributed by atoms with Gasteiger partial charge < -0.3 is 11.1 Å². The second kappa shape index (κ2) is 6.62. The van der Waals surface area contributed by atoms with E-state index in [1.165, 1.54) is 0 Å². The summed E-state index contributed by atoms with van der Waals surface area (Å²) >= 11 is 0. The largest absolute Gasteiger partial charge is 0.329 e. The first-order valence-corrected chi connectivity index (χ1v) is 2.51. The molecular weight excluding hydrogens is 159 g/mol. The van der Waals surface area contributed by atoms with Crippen molar-refractivity contribution >= 4 is 24.8 Å². The molecule has 0 heterocycles. The summed E-state index contributed by atoms with van der Waals surface area (Å²) in [6.07, 6.45) is 0. The second-order valence-corrected chi connectivity index (χ2v) is 2.34. The third-order valence-electron chi connectivity index (χ3n) is 1.19. The zero-order chi connectivity index (χ0) is 5.91. The molecule has 4 heteroatoms. The molecule has 0 aliphatic rings. The molecule has 0 aromatic rings. The summed E-state index contributed by atoms with van der Waals surface area (Å²) in [5.41, 5.74) is 5.47. The third kappa shape index (κ3) is 8.50. The van der Waals surface area contributed by atoms with E-state index in [0.29, 0.717) is 6.54 Å². The van der Waals surface area contributed by atoms with Crippen molar-refractivity contribution in [1.82, 2.24) is 5.32 Å². The number of hydrogen-bond donors (Lipinski definition) is 2. The quantitative estimate of drug-likeness (QED) is 0.651. The highest BCUT2D eigenvalue weighted by atomic mass is 35.5. The Balaban J connectivity index is -0.000000180. The molecule has 60 valence electrons. The molecule has 2 nitrogen and oxygen atoms in total. The Morgan fingerprint density at radius 3 is 1.67 bits per heavy atom. The smallest absolute Gasteiger partial charge is 0.0244 e. The molecule has 0 spiro atoms. The Kier molecular flexibility index (Phi) is 11.9. The van der Waals surface area contributed by atoms with Crippen LogP contribution in [0.4, 0.5) is 0 Å². The van der Waals surface area contributed by atoms with Crippen LogP contribution in [0.1, 0.15) is 13.8 Å². The minimum absolute atomic E-state index is 0. The van der Waals surface area contributed by atoms with Gasteiger partial charge in [0.05, 0.1) is 0 Å². The van der Waals surface area contributed by atoms with Crippen molar-refractivity contribution in [1.29, 1.82) is 0 Å². The normalized spacial score (nSPS) is 9.33. The summed E-state index contributed by atoms with van der Waals surface area (Å²) in [5, 5.41) is 3.07. The van der Waals surface area contributed by atoms with Gasteiger partial charge in [0.1, 0.15) is 0 Å². The third-order valence-corrected chi connectivity index (χ3v) is 1.19. The average Bonchev–Trinajstić information content (AvgIpc) is 1.68. The summed E-state index contributed by atoms with van der Waals surface area (Å²) in [6, 6.07) is 0. The molecule has 0 unspecified atom stereocenters. The van der Waals surface area contributed by atoms with E-state index in [-0.39, 0.29) is 30.4 Å². The Labute approximate surface area is 69.4 Å². The maximum Gasteiger partial charge on any atom is 0.0244 e. The molecule has 0 bridgehead atoms. The molecule has 0 aliphatic heterocycles.